The van der Waals surface area contributed by atoms with Gasteiger partial charge in [0.1, 0.15) is 0 Å². The minimum absolute atomic E-state index is 0.0876. The van der Waals surface area contributed by atoms with Crippen molar-refractivity contribution < 1.29 is 13.6 Å². The van der Waals surface area contributed by atoms with Crippen LogP contribution in [-0.2, 0) is 4.74 Å². The zero-order valence-electron chi connectivity index (χ0n) is 9.65. The molecule has 1 fully saturated rings. The Hall–Kier alpha value is -1.27. The average Bonchev–Trinajstić information content (AvgIpc) is 2.83. The lowest BCUT2D eigenvalue weighted by molar-refractivity contribution is 0.104. The van der Waals surface area contributed by atoms with Gasteiger partial charge in [-0.1, -0.05) is 0 Å². The summed E-state index contributed by atoms with van der Waals surface area (Å²) in [6, 6.07) is 0.143. The summed E-state index contributed by atoms with van der Waals surface area (Å²) in [5, 5.41) is 3.23. The molecule has 2 rings (SSSR count). The first kappa shape index (κ1) is 11.2. The molecular formula is C10H16N2O4. The van der Waals surface area contributed by atoms with Crippen LogP contribution in [0.3, 0.4) is 0 Å². The van der Waals surface area contributed by atoms with Crippen LogP contribution in [0.5, 0.6) is 0 Å². The Kier molecular flexibility index (Phi) is 3.02. The maximum absolute atomic E-state index is 11.0. The smallest absolute Gasteiger partial charge is 0.394 e. The first-order chi connectivity index (χ1) is 7.63. The Morgan fingerprint density at radius 2 is 2.19 bits per heavy atom. The van der Waals surface area contributed by atoms with Crippen molar-refractivity contribution in [2.75, 3.05) is 32.1 Å². The normalized spacial score (nSPS) is 24.9. The lowest BCUT2D eigenvalue weighted by Crippen LogP contribution is -2.41. The molecule has 0 aliphatic carbocycles. The predicted octanol–water partition coefficient (Wildman–Crippen LogP) is -0.0358. The second-order valence-electron chi connectivity index (χ2n) is 3.93. The zero-order valence-corrected chi connectivity index (χ0v) is 9.65. The lowest BCUT2D eigenvalue weighted by atomic mass is 10.2. The second-order valence-corrected chi connectivity index (χ2v) is 3.93. The Labute approximate surface area is 93.2 Å². The molecule has 2 atom stereocenters. The number of hydrogen-bond acceptors (Lipinski definition) is 6. The molecule has 90 valence electrons. The number of nitrogens with one attached hydrogen (secondary N) is 1. The van der Waals surface area contributed by atoms with E-state index >= 15 is 0 Å². The molecule has 1 aromatic rings. The second kappa shape index (κ2) is 4.31. The minimum Gasteiger partial charge on any atom is -0.394 e. The molecule has 0 aromatic carbocycles. The monoisotopic (exact) mass is 228 g/mol. The summed E-state index contributed by atoms with van der Waals surface area (Å²) in [6.45, 7) is 3.30. The van der Waals surface area contributed by atoms with Gasteiger partial charge in [-0.2, -0.15) is 0 Å². The fraction of sp³-hybridized carbons (Fsp3) is 0.700. The van der Waals surface area contributed by atoms with Crippen LogP contribution < -0.4 is 16.0 Å². The van der Waals surface area contributed by atoms with Gasteiger partial charge in [0.2, 0.25) is 5.88 Å². The van der Waals surface area contributed by atoms with Gasteiger partial charge in [-0.3, -0.25) is 0 Å². The van der Waals surface area contributed by atoms with Gasteiger partial charge in [0.25, 0.3) is 0 Å². The number of ether oxygens (including phenoxy) is 1. The molecule has 6 nitrogen and oxygen atoms in total. The number of nitrogens with zero attached hydrogens (tertiary/aromatic N) is 1. The summed E-state index contributed by atoms with van der Waals surface area (Å²) < 4.78 is 15.2. The van der Waals surface area contributed by atoms with Gasteiger partial charge in [-0.05, 0) is 6.92 Å². The molecule has 2 heterocycles. The number of anilines is 1. The van der Waals surface area contributed by atoms with Gasteiger partial charge in [0, 0.05) is 27.2 Å². The number of rotatable bonds is 3. The molecule has 16 heavy (non-hydrogen) atoms. The molecular weight excluding hydrogens is 212 g/mol. The van der Waals surface area contributed by atoms with Crippen LogP contribution in [0.25, 0.3) is 0 Å². The van der Waals surface area contributed by atoms with Crippen molar-refractivity contribution in [3.63, 3.8) is 0 Å². The molecule has 2 unspecified atom stereocenters. The SMILES string of the molecule is COC1CNCC1N(C)c1oc(=O)oc1C. The average molecular weight is 228 g/mol. The van der Waals surface area contributed by atoms with Crippen molar-refractivity contribution in [2.45, 2.75) is 19.1 Å². The summed E-state index contributed by atoms with van der Waals surface area (Å²) in [4.78, 5) is 12.9. The fourth-order valence-electron chi connectivity index (χ4n) is 2.08. The standard InChI is InChI=1S/C10H16N2O4/c1-6-9(16-10(13)15-6)12(2)7-4-11-5-8(7)14-3/h7-8,11H,4-5H2,1-3H3. The Balaban J connectivity index is 2.21. The van der Waals surface area contributed by atoms with Crippen molar-refractivity contribution in [3.8, 4) is 0 Å². The summed E-state index contributed by atoms with van der Waals surface area (Å²) >= 11 is 0. The Morgan fingerprint density at radius 1 is 1.44 bits per heavy atom. The van der Waals surface area contributed by atoms with Crippen molar-refractivity contribution >= 4 is 5.88 Å². The highest BCUT2D eigenvalue weighted by atomic mass is 16.6. The van der Waals surface area contributed by atoms with Crippen LogP contribution >= 0.6 is 0 Å². The van der Waals surface area contributed by atoms with E-state index < -0.39 is 5.82 Å². The number of likely N-dealkylation sites (N-methyl/N-ethyl adjacent to an activating group) is 1. The molecule has 1 aliphatic heterocycles. The Morgan fingerprint density at radius 3 is 2.75 bits per heavy atom. The van der Waals surface area contributed by atoms with E-state index in [-0.39, 0.29) is 12.1 Å². The van der Waals surface area contributed by atoms with Gasteiger partial charge in [-0.25, -0.2) is 4.79 Å². The molecule has 1 saturated heterocycles. The van der Waals surface area contributed by atoms with Crippen molar-refractivity contribution in [1.29, 1.82) is 0 Å². The third-order valence-electron chi connectivity index (χ3n) is 2.97. The largest absolute Gasteiger partial charge is 0.520 e. The van der Waals surface area contributed by atoms with Gasteiger partial charge in [-0.15, -0.1) is 0 Å². The maximum atomic E-state index is 11.0. The molecule has 1 N–H and O–H groups in total. The van der Waals surface area contributed by atoms with Crippen LogP contribution in [0.4, 0.5) is 5.88 Å². The van der Waals surface area contributed by atoms with Gasteiger partial charge in [0.15, 0.2) is 5.76 Å². The van der Waals surface area contributed by atoms with E-state index in [1.165, 1.54) is 0 Å². The molecule has 1 aromatic heterocycles. The number of hydrogen-bond donors (Lipinski definition) is 1. The van der Waals surface area contributed by atoms with Gasteiger partial charge >= 0.3 is 5.82 Å². The van der Waals surface area contributed by atoms with E-state index in [9.17, 15) is 4.79 Å². The zero-order chi connectivity index (χ0) is 11.7. The topological polar surface area (TPSA) is 67.8 Å². The molecule has 6 heteroatoms. The van der Waals surface area contributed by atoms with Crippen molar-refractivity contribution in [3.05, 3.63) is 16.4 Å². The highest BCUT2D eigenvalue weighted by Gasteiger charge is 2.32. The summed E-state index contributed by atoms with van der Waals surface area (Å²) in [6.07, 6.45) is 0.0876. The van der Waals surface area contributed by atoms with Crippen LogP contribution in [-0.4, -0.2) is 39.4 Å². The number of aryl methyl sites for hydroxylation is 1. The maximum Gasteiger partial charge on any atom is 0.520 e. The quantitative estimate of drug-likeness (QED) is 0.783. The van der Waals surface area contributed by atoms with Crippen molar-refractivity contribution in [1.82, 2.24) is 5.32 Å². The van der Waals surface area contributed by atoms with Crippen molar-refractivity contribution in [2.24, 2.45) is 0 Å². The van der Waals surface area contributed by atoms with E-state index in [0.717, 1.165) is 13.1 Å². The molecule has 0 spiro atoms. The summed E-state index contributed by atoms with van der Waals surface area (Å²) in [5.41, 5.74) is 0. The van der Waals surface area contributed by atoms with Gasteiger partial charge < -0.3 is 23.8 Å². The highest BCUT2D eigenvalue weighted by molar-refractivity contribution is 5.39. The first-order valence-corrected chi connectivity index (χ1v) is 5.20. The molecule has 0 bridgehead atoms. The number of methoxy groups -OCH3 is 1. The van der Waals surface area contributed by atoms with Crippen LogP contribution in [0.15, 0.2) is 13.6 Å². The molecule has 0 radical (unpaired) electrons. The summed E-state index contributed by atoms with van der Waals surface area (Å²) in [7, 11) is 3.54. The van der Waals surface area contributed by atoms with E-state index in [2.05, 4.69) is 5.32 Å². The van der Waals surface area contributed by atoms with E-state index in [1.807, 2.05) is 11.9 Å². The van der Waals surface area contributed by atoms with E-state index in [4.69, 9.17) is 13.6 Å². The summed E-state index contributed by atoms with van der Waals surface area (Å²) in [5.74, 6) is 0.300. The fourth-order valence-corrected chi connectivity index (χ4v) is 2.08. The first-order valence-electron chi connectivity index (χ1n) is 5.20. The third kappa shape index (κ3) is 1.85. The third-order valence-corrected chi connectivity index (χ3v) is 2.97. The minimum atomic E-state index is -0.667. The van der Waals surface area contributed by atoms with Gasteiger partial charge in [0.05, 0.1) is 12.1 Å². The van der Waals surface area contributed by atoms with Crippen LogP contribution in [0.2, 0.25) is 0 Å². The van der Waals surface area contributed by atoms with Crippen LogP contribution in [0.1, 0.15) is 5.76 Å². The molecule has 0 saturated carbocycles. The molecule has 0 amide bonds. The van der Waals surface area contributed by atoms with Crippen LogP contribution in [0, 0.1) is 6.92 Å². The van der Waals surface area contributed by atoms with E-state index in [1.54, 1.807) is 14.0 Å². The molecule has 1 aliphatic rings. The highest BCUT2D eigenvalue weighted by Crippen LogP contribution is 2.22. The predicted molar refractivity (Wildman–Crippen MR) is 57.8 cm³/mol. The lowest BCUT2D eigenvalue weighted by Gasteiger charge is -2.27. The Bertz CT molecular complexity index is 411. The van der Waals surface area contributed by atoms with E-state index in [0.29, 0.717) is 11.6 Å².